The maximum atomic E-state index is 13.2. The molecule has 0 aliphatic carbocycles. The fraction of sp³-hybridized carbons (Fsp3) is 0.556. The summed E-state index contributed by atoms with van der Waals surface area (Å²) >= 11 is 0. The second kappa shape index (κ2) is 8.65. The highest BCUT2D eigenvalue weighted by atomic mass is 19.1. The lowest BCUT2D eigenvalue weighted by atomic mass is 9.91. The van der Waals surface area contributed by atoms with Crippen LogP contribution in [0.4, 0.5) is 4.39 Å². The van der Waals surface area contributed by atoms with E-state index >= 15 is 0 Å². The predicted octanol–water partition coefficient (Wildman–Crippen LogP) is 2.52. The van der Waals surface area contributed by atoms with Gasteiger partial charge in [0.2, 0.25) is 11.8 Å². The summed E-state index contributed by atoms with van der Waals surface area (Å²) in [5.74, 6) is 0.274. The van der Waals surface area contributed by atoms with Gasteiger partial charge in [-0.05, 0) is 49.3 Å². The Morgan fingerprint density at radius 1 is 1.39 bits per heavy atom. The van der Waals surface area contributed by atoms with E-state index in [0.29, 0.717) is 18.9 Å². The smallest absolute Gasteiger partial charge is 0.224 e. The molecule has 1 aromatic rings. The fourth-order valence-corrected chi connectivity index (χ4v) is 3.09. The number of halogens is 1. The number of rotatable bonds is 6. The van der Waals surface area contributed by atoms with E-state index in [-0.39, 0.29) is 17.6 Å². The van der Waals surface area contributed by atoms with Crippen molar-refractivity contribution in [2.24, 2.45) is 5.92 Å². The maximum absolute atomic E-state index is 13.2. The average molecular weight is 320 g/mol. The van der Waals surface area contributed by atoms with Gasteiger partial charge in [-0.2, -0.15) is 0 Å². The Labute approximate surface area is 137 Å². The van der Waals surface area contributed by atoms with Gasteiger partial charge in [0.1, 0.15) is 5.82 Å². The van der Waals surface area contributed by atoms with E-state index in [9.17, 15) is 14.0 Å². The average Bonchev–Trinajstić information content (AvgIpc) is 2.53. The van der Waals surface area contributed by atoms with E-state index in [0.717, 1.165) is 44.3 Å². The third kappa shape index (κ3) is 6.00. The highest BCUT2D eigenvalue weighted by molar-refractivity contribution is 5.78. The fourth-order valence-electron chi connectivity index (χ4n) is 3.09. The molecule has 0 aromatic heterocycles. The number of piperidine rings is 1. The SMILES string of the molecule is CC(=O)NCCC(=O)N1CCC[C@H](CCc2cccc(F)c2)C1. The maximum Gasteiger partial charge on any atom is 0.224 e. The molecule has 1 aromatic carbocycles. The Balaban J connectivity index is 1.76. The molecular weight excluding hydrogens is 295 g/mol. The summed E-state index contributed by atoms with van der Waals surface area (Å²) < 4.78 is 13.2. The first kappa shape index (κ1) is 17.4. The highest BCUT2D eigenvalue weighted by Gasteiger charge is 2.23. The lowest BCUT2D eigenvalue weighted by Gasteiger charge is -2.33. The molecule has 126 valence electrons. The third-order valence-electron chi connectivity index (χ3n) is 4.31. The van der Waals surface area contributed by atoms with Crippen molar-refractivity contribution < 1.29 is 14.0 Å². The molecule has 0 spiro atoms. The van der Waals surface area contributed by atoms with E-state index < -0.39 is 0 Å². The van der Waals surface area contributed by atoms with Gasteiger partial charge in [0.25, 0.3) is 0 Å². The number of benzene rings is 1. The molecular formula is C18H25FN2O2. The monoisotopic (exact) mass is 320 g/mol. The van der Waals surface area contributed by atoms with Crippen LogP contribution in [0.5, 0.6) is 0 Å². The molecule has 0 bridgehead atoms. The first-order chi connectivity index (χ1) is 11.0. The van der Waals surface area contributed by atoms with Gasteiger partial charge < -0.3 is 10.2 Å². The molecule has 1 atom stereocenters. The molecule has 23 heavy (non-hydrogen) atoms. The number of nitrogens with one attached hydrogen (secondary N) is 1. The zero-order chi connectivity index (χ0) is 16.7. The van der Waals surface area contributed by atoms with Crippen LogP contribution in [0.3, 0.4) is 0 Å². The molecule has 1 aliphatic rings. The van der Waals surface area contributed by atoms with Crippen molar-refractivity contribution in [1.82, 2.24) is 10.2 Å². The van der Waals surface area contributed by atoms with Gasteiger partial charge in [0.15, 0.2) is 0 Å². The van der Waals surface area contributed by atoms with Crippen LogP contribution in [0.15, 0.2) is 24.3 Å². The lowest BCUT2D eigenvalue weighted by molar-refractivity contribution is -0.133. The minimum absolute atomic E-state index is 0.106. The van der Waals surface area contributed by atoms with Crippen molar-refractivity contribution >= 4 is 11.8 Å². The van der Waals surface area contributed by atoms with Crippen LogP contribution in [-0.4, -0.2) is 36.3 Å². The largest absolute Gasteiger partial charge is 0.356 e. The molecule has 5 heteroatoms. The molecule has 2 amide bonds. The number of hydrogen-bond acceptors (Lipinski definition) is 2. The van der Waals surface area contributed by atoms with Crippen LogP contribution in [0.25, 0.3) is 0 Å². The molecule has 1 fully saturated rings. The quantitative estimate of drug-likeness (QED) is 0.875. The topological polar surface area (TPSA) is 49.4 Å². The summed E-state index contributed by atoms with van der Waals surface area (Å²) in [6, 6.07) is 6.73. The number of amides is 2. The second-order valence-corrected chi connectivity index (χ2v) is 6.25. The van der Waals surface area contributed by atoms with Gasteiger partial charge in [0.05, 0.1) is 0 Å². The zero-order valence-corrected chi connectivity index (χ0v) is 13.7. The van der Waals surface area contributed by atoms with E-state index in [1.54, 1.807) is 12.1 Å². The minimum Gasteiger partial charge on any atom is -0.356 e. The Hall–Kier alpha value is -1.91. The van der Waals surface area contributed by atoms with Crippen LogP contribution in [0.2, 0.25) is 0 Å². The van der Waals surface area contributed by atoms with Crippen LogP contribution in [0, 0.1) is 11.7 Å². The standard InChI is InChI=1S/C18H25FN2O2/c1-14(22)20-10-9-18(23)21-11-3-5-16(13-21)8-7-15-4-2-6-17(19)12-15/h2,4,6,12,16H,3,5,7-11,13H2,1H3,(H,20,22)/t16-/m1/s1. The van der Waals surface area contributed by atoms with Gasteiger partial charge in [-0.25, -0.2) is 4.39 Å². The Kier molecular flexibility index (Phi) is 6.56. The number of carbonyl (C=O) groups excluding carboxylic acids is 2. The van der Waals surface area contributed by atoms with E-state index in [1.165, 1.54) is 13.0 Å². The summed E-state index contributed by atoms with van der Waals surface area (Å²) in [5.41, 5.74) is 1.01. The van der Waals surface area contributed by atoms with Crippen molar-refractivity contribution in [1.29, 1.82) is 0 Å². The Morgan fingerprint density at radius 3 is 2.96 bits per heavy atom. The predicted molar refractivity (Wildman–Crippen MR) is 87.3 cm³/mol. The molecule has 1 heterocycles. The van der Waals surface area contributed by atoms with Crippen LogP contribution in [0.1, 0.15) is 38.2 Å². The molecule has 1 saturated heterocycles. The molecule has 0 radical (unpaired) electrons. The second-order valence-electron chi connectivity index (χ2n) is 6.25. The molecule has 1 aliphatic heterocycles. The summed E-state index contributed by atoms with van der Waals surface area (Å²) in [4.78, 5) is 24.9. The third-order valence-corrected chi connectivity index (χ3v) is 4.31. The van der Waals surface area contributed by atoms with Gasteiger partial charge >= 0.3 is 0 Å². The number of hydrogen-bond donors (Lipinski definition) is 1. The summed E-state index contributed by atoms with van der Waals surface area (Å²) in [6.45, 7) is 3.43. The van der Waals surface area contributed by atoms with E-state index in [4.69, 9.17) is 0 Å². The Bertz CT molecular complexity index is 548. The van der Waals surface area contributed by atoms with E-state index in [2.05, 4.69) is 5.32 Å². The van der Waals surface area contributed by atoms with Crippen LogP contribution in [-0.2, 0) is 16.0 Å². The van der Waals surface area contributed by atoms with E-state index in [1.807, 2.05) is 11.0 Å². The highest BCUT2D eigenvalue weighted by Crippen LogP contribution is 2.22. The summed E-state index contributed by atoms with van der Waals surface area (Å²) in [6.07, 6.45) is 4.30. The first-order valence-electron chi connectivity index (χ1n) is 8.31. The van der Waals surface area contributed by atoms with Gasteiger partial charge in [-0.15, -0.1) is 0 Å². The number of likely N-dealkylation sites (tertiary alicyclic amines) is 1. The van der Waals surface area contributed by atoms with Crippen molar-refractivity contribution in [3.8, 4) is 0 Å². The zero-order valence-electron chi connectivity index (χ0n) is 13.7. The number of aryl methyl sites for hydroxylation is 1. The first-order valence-corrected chi connectivity index (χ1v) is 8.31. The summed E-state index contributed by atoms with van der Waals surface area (Å²) in [7, 11) is 0. The lowest BCUT2D eigenvalue weighted by Crippen LogP contribution is -2.41. The van der Waals surface area contributed by atoms with Crippen molar-refractivity contribution in [2.45, 2.75) is 39.0 Å². The normalized spacial score (nSPS) is 17.8. The van der Waals surface area contributed by atoms with Crippen LogP contribution >= 0.6 is 0 Å². The molecule has 0 unspecified atom stereocenters. The molecule has 1 N–H and O–H groups in total. The van der Waals surface area contributed by atoms with Crippen molar-refractivity contribution in [2.75, 3.05) is 19.6 Å². The molecule has 2 rings (SSSR count). The van der Waals surface area contributed by atoms with Crippen LogP contribution < -0.4 is 5.32 Å². The molecule has 0 saturated carbocycles. The van der Waals surface area contributed by atoms with Gasteiger partial charge in [0, 0.05) is 33.0 Å². The van der Waals surface area contributed by atoms with Gasteiger partial charge in [-0.3, -0.25) is 9.59 Å². The number of nitrogens with zero attached hydrogens (tertiary/aromatic N) is 1. The van der Waals surface area contributed by atoms with Gasteiger partial charge in [-0.1, -0.05) is 12.1 Å². The summed E-state index contributed by atoms with van der Waals surface area (Å²) in [5, 5.41) is 2.66. The molecule has 4 nitrogen and oxygen atoms in total. The minimum atomic E-state index is -0.194. The van der Waals surface area contributed by atoms with Crippen molar-refractivity contribution in [3.05, 3.63) is 35.6 Å². The Morgan fingerprint density at radius 2 is 2.22 bits per heavy atom. The van der Waals surface area contributed by atoms with Crippen molar-refractivity contribution in [3.63, 3.8) is 0 Å². The number of carbonyl (C=O) groups is 2.